The monoisotopic (exact) mass is 313 g/mol. The van der Waals surface area contributed by atoms with Gasteiger partial charge in [0.15, 0.2) is 0 Å². The number of nitrogens with zero attached hydrogens (tertiary/aromatic N) is 3. The Bertz CT molecular complexity index is 817. The first-order valence-electron chi connectivity index (χ1n) is 7.25. The number of fused-ring (bicyclic) bond motifs is 1. The highest BCUT2D eigenvalue weighted by molar-refractivity contribution is 5.92. The van der Waals surface area contributed by atoms with Gasteiger partial charge in [-0.15, -0.1) is 0 Å². The van der Waals surface area contributed by atoms with Crippen LogP contribution in [0, 0.1) is 5.82 Å². The van der Waals surface area contributed by atoms with Gasteiger partial charge in [0.25, 0.3) is 5.91 Å². The molecule has 23 heavy (non-hydrogen) atoms. The van der Waals surface area contributed by atoms with Gasteiger partial charge in [0.2, 0.25) is 0 Å². The first-order chi connectivity index (χ1) is 11.2. The Kier molecular flexibility index (Phi) is 4.34. The molecule has 3 rings (SSSR count). The zero-order chi connectivity index (χ0) is 16.2. The molecule has 118 valence electrons. The maximum atomic E-state index is 13.2. The van der Waals surface area contributed by atoms with Crippen molar-refractivity contribution in [1.82, 2.24) is 14.3 Å². The van der Waals surface area contributed by atoms with Crippen LogP contribution < -0.4 is 0 Å². The van der Waals surface area contributed by atoms with Crippen molar-refractivity contribution in [1.29, 1.82) is 0 Å². The van der Waals surface area contributed by atoms with E-state index in [1.165, 1.54) is 33.8 Å². The number of aliphatic hydroxyl groups is 1. The highest BCUT2D eigenvalue weighted by atomic mass is 19.1. The quantitative estimate of drug-likeness (QED) is 0.785. The number of hydrogen-bond donors (Lipinski definition) is 1. The molecule has 1 amide bonds. The van der Waals surface area contributed by atoms with Gasteiger partial charge in [0.1, 0.15) is 17.2 Å². The second-order valence-electron chi connectivity index (χ2n) is 5.17. The van der Waals surface area contributed by atoms with Gasteiger partial charge in [0.05, 0.1) is 6.61 Å². The lowest BCUT2D eigenvalue weighted by Gasteiger charge is -2.20. The van der Waals surface area contributed by atoms with E-state index in [4.69, 9.17) is 0 Å². The minimum Gasteiger partial charge on any atom is -0.395 e. The van der Waals surface area contributed by atoms with Gasteiger partial charge >= 0.3 is 0 Å². The number of aliphatic hydroxyl groups excluding tert-OH is 1. The summed E-state index contributed by atoms with van der Waals surface area (Å²) in [5.74, 6) is -0.697. The summed E-state index contributed by atoms with van der Waals surface area (Å²) in [6.45, 7) is 0.443. The van der Waals surface area contributed by atoms with Crippen molar-refractivity contribution < 1.29 is 14.3 Å². The van der Waals surface area contributed by atoms with E-state index in [9.17, 15) is 14.3 Å². The van der Waals surface area contributed by atoms with Crippen LogP contribution in [-0.4, -0.2) is 38.4 Å². The zero-order valence-electron chi connectivity index (χ0n) is 12.4. The van der Waals surface area contributed by atoms with Gasteiger partial charge in [-0.2, -0.15) is 0 Å². The molecule has 0 aliphatic heterocycles. The SMILES string of the molecule is O=C(c1cn2cc(F)ccc2n1)N(CCO)Cc1ccccc1. The molecule has 2 aromatic heterocycles. The molecule has 5 nitrogen and oxygen atoms in total. The summed E-state index contributed by atoms with van der Waals surface area (Å²) in [5, 5.41) is 9.22. The molecule has 0 fully saturated rings. The molecular weight excluding hydrogens is 297 g/mol. The van der Waals surface area contributed by atoms with Gasteiger partial charge in [-0.05, 0) is 17.7 Å². The molecule has 0 saturated heterocycles. The number of rotatable bonds is 5. The maximum absolute atomic E-state index is 13.2. The Hall–Kier alpha value is -2.73. The van der Waals surface area contributed by atoms with Crippen LogP contribution in [0.25, 0.3) is 5.65 Å². The van der Waals surface area contributed by atoms with E-state index >= 15 is 0 Å². The zero-order valence-corrected chi connectivity index (χ0v) is 12.4. The van der Waals surface area contributed by atoms with Crippen molar-refractivity contribution in [3.05, 3.63) is 71.9 Å². The van der Waals surface area contributed by atoms with E-state index in [-0.39, 0.29) is 24.8 Å². The smallest absolute Gasteiger partial charge is 0.274 e. The Morgan fingerprint density at radius 1 is 1.17 bits per heavy atom. The summed E-state index contributed by atoms with van der Waals surface area (Å²) in [6.07, 6.45) is 2.77. The molecule has 0 aliphatic carbocycles. The molecule has 3 aromatic rings. The number of hydrogen-bond acceptors (Lipinski definition) is 3. The largest absolute Gasteiger partial charge is 0.395 e. The molecule has 1 N–H and O–H groups in total. The first kappa shape index (κ1) is 15.2. The summed E-state index contributed by atoms with van der Waals surface area (Å²) < 4.78 is 14.7. The average Bonchev–Trinajstić information content (AvgIpc) is 2.98. The highest BCUT2D eigenvalue weighted by Gasteiger charge is 2.19. The standard InChI is InChI=1S/C17H16FN3O2/c18-14-6-7-16-19-15(12-21(16)11-14)17(23)20(8-9-22)10-13-4-2-1-3-5-13/h1-7,11-12,22H,8-10H2. The van der Waals surface area contributed by atoms with Crippen molar-refractivity contribution in [2.75, 3.05) is 13.2 Å². The molecular formula is C17H16FN3O2. The highest BCUT2D eigenvalue weighted by Crippen LogP contribution is 2.12. The third-order valence-corrected chi connectivity index (χ3v) is 3.51. The predicted octanol–water partition coefficient (Wildman–Crippen LogP) is 2.11. The lowest BCUT2D eigenvalue weighted by molar-refractivity contribution is 0.0702. The minimum atomic E-state index is -0.398. The molecule has 0 saturated carbocycles. The molecule has 0 atom stereocenters. The number of amides is 1. The first-order valence-corrected chi connectivity index (χ1v) is 7.25. The van der Waals surface area contributed by atoms with Crippen LogP contribution in [-0.2, 0) is 6.54 Å². The van der Waals surface area contributed by atoms with Crippen molar-refractivity contribution in [3.63, 3.8) is 0 Å². The Morgan fingerprint density at radius 3 is 2.70 bits per heavy atom. The van der Waals surface area contributed by atoms with Crippen molar-refractivity contribution in [2.24, 2.45) is 0 Å². The van der Waals surface area contributed by atoms with Crippen LogP contribution >= 0.6 is 0 Å². The maximum Gasteiger partial charge on any atom is 0.274 e. The Morgan fingerprint density at radius 2 is 1.96 bits per heavy atom. The van der Waals surface area contributed by atoms with Gasteiger partial charge in [-0.3, -0.25) is 4.79 Å². The summed E-state index contributed by atoms with van der Waals surface area (Å²) in [6, 6.07) is 12.3. The summed E-state index contributed by atoms with van der Waals surface area (Å²) in [7, 11) is 0. The second-order valence-corrected chi connectivity index (χ2v) is 5.17. The molecule has 0 bridgehead atoms. The minimum absolute atomic E-state index is 0.138. The molecule has 2 heterocycles. The molecule has 6 heteroatoms. The van der Waals surface area contributed by atoms with Gasteiger partial charge < -0.3 is 14.4 Å². The summed E-state index contributed by atoms with van der Waals surface area (Å²) in [5.41, 5.74) is 1.68. The third-order valence-electron chi connectivity index (χ3n) is 3.51. The molecule has 0 unspecified atom stereocenters. The van der Waals surface area contributed by atoms with Crippen molar-refractivity contribution >= 4 is 11.6 Å². The van der Waals surface area contributed by atoms with Gasteiger partial charge in [-0.1, -0.05) is 30.3 Å². The number of aromatic nitrogens is 2. The van der Waals surface area contributed by atoms with Gasteiger partial charge in [-0.25, -0.2) is 9.37 Å². The summed E-state index contributed by atoms with van der Waals surface area (Å²) >= 11 is 0. The van der Waals surface area contributed by atoms with Crippen LogP contribution in [0.2, 0.25) is 0 Å². The number of imidazole rings is 1. The fourth-order valence-electron chi connectivity index (χ4n) is 2.41. The fraction of sp³-hybridized carbons (Fsp3) is 0.176. The van der Waals surface area contributed by atoms with E-state index in [2.05, 4.69) is 4.98 Å². The normalized spacial score (nSPS) is 10.9. The number of halogens is 1. The molecule has 0 spiro atoms. The third kappa shape index (κ3) is 3.37. The number of benzene rings is 1. The van der Waals surface area contributed by atoms with Crippen LogP contribution in [0.1, 0.15) is 16.1 Å². The van der Waals surface area contributed by atoms with Crippen LogP contribution in [0.15, 0.2) is 54.9 Å². The molecule has 0 aliphatic rings. The molecule has 1 aromatic carbocycles. The predicted molar refractivity (Wildman–Crippen MR) is 83.4 cm³/mol. The van der Waals surface area contributed by atoms with Gasteiger partial charge in [0, 0.05) is 25.5 Å². The number of pyridine rings is 1. The summed E-state index contributed by atoms with van der Waals surface area (Å²) in [4.78, 5) is 18.4. The van der Waals surface area contributed by atoms with E-state index < -0.39 is 5.82 Å². The Labute approximate surface area is 132 Å². The van der Waals surface area contributed by atoms with Crippen molar-refractivity contribution in [3.8, 4) is 0 Å². The van der Waals surface area contributed by atoms with E-state index in [0.29, 0.717) is 12.2 Å². The Balaban J connectivity index is 1.87. The number of carbonyl (C=O) groups excluding carboxylic acids is 1. The van der Waals surface area contributed by atoms with Crippen LogP contribution in [0.5, 0.6) is 0 Å². The fourth-order valence-corrected chi connectivity index (χ4v) is 2.41. The van der Waals surface area contributed by atoms with E-state index in [0.717, 1.165) is 5.56 Å². The lowest BCUT2D eigenvalue weighted by Crippen LogP contribution is -2.33. The molecule has 0 radical (unpaired) electrons. The average molecular weight is 313 g/mol. The topological polar surface area (TPSA) is 57.8 Å². The van der Waals surface area contributed by atoms with E-state index in [1.807, 2.05) is 30.3 Å². The lowest BCUT2D eigenvalue weighted by atomic mass is 10.2. The number of carbonyl (C=O) groups is 1. The second kappa shape index (κ2) is 6.58. The van der Waals surface area contributed by atoms with Crippen LogP contribution in [0.3, 0.4) is 0 Å². The van der Waals surface area contributed by atoms with Crippen molar-refractivity contribution in [2.45, 2.75) is 6.54 Å². The van der Waals surface area contributed by atoms with E-state index in [1.54, 1.807) is 0 Å². The van der Waals surface area contributed by atoms with Crippen LogP contribution in [0.4, 0.5) is 4.39 Å².